The van der Waals surface area contributed by atoms with E-state index >= 15 is 0 Å². The molecule has 0 aliphatic carbocycles. The number of methoxy groups -OCH3 is 4. The van der Waals surface area contributed by atoms with E-state index in [0.29, 0.717) is 34.6 Å². The van der Waals surface area contributed by atoms with Crippen LogP contribution in [-0.2, 0) is 0 Å². The first kappa shape index (κ1) is 16.7. The standard InChI is InChI=1S/C19H19NO5/c1-21-14-7-5-12(9-16(14)23-3)18-11-20-19(25-18)13-6-8-15(22-2)17(10-13)24-4/h5-11H,1-4H3. The fourth-order valence-electron chi connectivity index (χ4n) is 2.50. The lowest BCUT2D eigenvalue weighted by Crippen LogP contribution is -1.90. The lowest BCUT2D eigenvalue weighted by molar-refractivity contribution is 0.355. The average Bonchev–Trinajstić information content (AvgIpc) is 3.17. The zero-order chi connectivity index (χ0) is 17.8. The summed E-state index contributed by atoms with van der Waals surface area (Å²) >= 11 is 0. The third-order valence-electron chi connectivity index (χ3n) is 3.80. The summed E-state index contributed by atoms with van der Waals surface area (Å²) in [7, 11) is 6.38. The smallest absolute Gasteiger partial charge is 0.226 e. The summed E-state index contributed by atoms with van der Waals surface area (Å²) in [6.45, 7) is 0. The number of hydrogen-bond donors (Lipinski definition) is 0. The number of nitrogens with zero attached hydrogens (tertiary/aromatic N) is 1. The van der Waals surface area contributed by atoms with Gasteiger partial charge in [-0.25, -0.2) is 4.98 Å². The number of aromatic nitrogens is 1. The Labute approximate surface area is 145 Å². The Hall–Kier alpha value is -3.15. The van der Waals surface area contributed by atoms with E-state index in [1.807, 2.05) is 36.4 Å². The molecule has 0 unspecified atom stereocenters. The fraction of sp³-hybridized carbons (Fsp3) is 0.211. The highest BCUT2D eigenvalue weighted by molar-refractivity contribution is 5.66. The van der Waals surface area contributed by atoms with E-state index in [1.54, 1.807) is 34.6 Å². The molecule has 0 aliphatic heterocycles. The van der Waals surface area contributed by atoms with Crippen molar-refractivity contribution in [2.45, 2.75) is 0 Å². The maximum absolute atomic E-state index is 5.90. The van der Waals surface area contributed by atoms with Crippen molar-refractivity contribution in [1.82, 2.24) is 4.98 Å². The van der Waals surface area contributed by atoms with Gasteiger partial charge in [0.2, 0.25) is 5.89 Å². The van der Waals surface area contributed by atoms with E-state index in [1.165, 1.54) is 0 Å². The number of ether oxygens (including phenoxy) is 4. The zero-order valence-electron chi connectivity index (χ0n) is 14.5. The molecule has 0 saturated heterocycles. The molecule has 130 valence electrons. The predicted molar refractivity (Wildman–Crippen MR) is 93.6 cm³/mol. The summed E-state index contributed by atoms with van der Waals surface area (Å²) < 4.78 is 27.0. The van der Waals surface area contributed by atoms with Crippen molar-refractivity contribution in [2.75, 3.05) is 28.4 Å². The van der Waals surface area contributed by atoms with Crippen molar-refractivity contribution in [2.24, 2.45) is 0 Å². The lowest BCUT2D eigenvalue weighted by atomic mass is 10.1. The van der Waals surface area contributed by atoms with Crippen LogP contribution in [-0.4, -0.2) is 33.4 Å². The van der Waals surface area contributed by atoms with Crippen LogP contribution in [0.15, 0.2) is 47.0 Å². The molecular formula is C19H19NO5. The van der Waals surface area contributed by atoms with Gasteiger partial charge in [-0.15, -0.1) is 0 Å². The highest BCUT2D eigenvalue weighted by Gasteiger charge is 2.13. The molecule has 25 heavy (non-hydrogen) atoms. The van der Waals surface area contributed by atoms with Gasteiger partial charge in [0.15, 0.2) is 28.8 Å². The molecule has 0 N–H and O–H groups in total. The van der Waals surface area contributed by atoms with Crippen LogP contribution in [0.2, 0.25) is 0 Å². The molecule has 0 amide bonds. The lowest BCUT2D eigenvalue weighted by Gasteiger charge is -2.08. The minimum absolute atomic E-state index is 0.491. The van der Waals surface area contributed by atoms with Crippen molar-refractivity contribution >= 4 is 0 Å². The van der Waals surface area contributed by atoms with E-state index in [0.717, 1.165) is 11.1 Å². The van der Waals surface area contributed by atoms with E-state index in [-0.39, 0.29) is 0 Å². The Bertz CT molecular complexity index is 802. The molecule has 6 nitrogen and oxygen atoms in total. The van der Waals surface area contributed by atoms with Crippen molar-refractivity contribution in [3.8, 4) is 45.8 Å². The summed E-state index contributed by atoms with van der Waals surface area (Å²) in [5.74, 6) is 3.68. The molecule has 0 radical (unpaired) electrons. The molecule has 0 bridgehead atoms. The van der Waals surface area contributed by atoms with Crippen LogP contribution >= 0.6 is 0 Å². The van der Waals surface area contributed by atoms with Gasteiger partial charge in [-0.2, -0.15) is 0 Å². The molecule has 0 aliphatic rings. The van der Waals surface area contributed by atoms with Crippen LogP contribution < -0.4 is 18.9 Å². The van der Waals surface area contributed by atoms with Crippen LogP contribution in [0.3, 0.4) is 0 Å². The van der Waals surface area contributed by atoms with E-state index in [2.05, 4.69) is 4.98 Å². The van der Waals surface area contributed by atoms with Gasteiger partial charge in [0.1, 0.15) is 0 Å². The third-order valence-corrected chi connectivity index (χ3v) is 3.80. The summed E-state index contributed by atoms with van der Waals surface area (Å²) in [5, 5.41) is 0. The van der Waals surface area contributed by atoms with Gasteiger partial charge in [-0.1, -0.05) is 0 Å². The third kappa shape index (κ3) is 3.24. The van der Waals surface area contributed by atoms with Crippen LogP contribution in [0.4, 0.5) is 0 Å². The van der Waals surface area contributed by atoms with E-state index < -0.39 is 0 Å². The first-order valence-corrected chi connectivity index (χ1v) is 7.60. The summed E-state index contributed by atoms with van der Waals surface area (Å²) in [6.07, 6.45) is 1.67. The summed E-state index contributed by atoms with van der Waals surface area (Å²) in [5.41, 5.74) is 1.64. The molecule has 6 heteroatoms. The Kier molecular flexibility index (Phi) is 4.79. The van der Waals surface area contributed by atoms with Gasteiger partial charge < -0.3 is 23.4 Å². The largest absolute Gasteiger partial charge is 0.493 e. The summed E-state index contributed by atoms with van der Waals surface area (Å²) in [4.78, 5) is 4.36. The van der Waals surface area contributed by atoms with Gasteiger partial charge in [-0.05, 0) is 36.4 Å². The Morgan fingerprint density at radius 2 is 1.20 bits per heavy atom. The average molecular weight is 341 g/mol. The van der Waals surface area contributed by atoms with Crippen molar-refractivity contribution in [1.29, 1.82) is 0 Å². The predicted octanol–water partition coefficient (Wildman–Crippen LogP) is 4.04. The quantitative estimate of drug-likeness (QED) is 0.674. The normalized spacial score (nSPS) is 10.4. The molecule has 0 fully saturated rings. The van der Waals surface area contributed by atoms with Crippen LogP contribution in [0.5, 0.6) is 23.0 Å². The molecule has 2 aromatic carbocycles. The second-order valence-electron chi connectivity index (χ2n) is 5.17. The molecule has 3 rings (SSSR count). The van der Waals surface area contributed by atoms with Gasteiger partial charge in [0, 0.05) is 11.1 Å². The topological polar surface area (TPSA) is 63.0 Å². The Balaban J connectivity index is 1.95. The molecule has 0 atom stereocenters. The number of oxazole rings is 1. The zero-order valence-corrected chi connectivity index (χ0v) is 14.5. The summed E-state index contributed by atoms with van der Waals surface area (Å²) in [6, 6.07) is 11.1. The molecule has 3 aromatic rings. The minimum atomic E-state index is 0.491. The molecule has 0 spiro atoms. The SMILES string of the molecule is COc1ccc(-c2cnc(-c3ccc(OC)c(OC)c3)o2)cc1OC. The maximum atomic E-state index is 5.90. The second-order valence-corrected chi connectivity index (χ2v) is 5.17. The fourth-order valence-corrected chi connectivity index (χ4v) is 2.50. The van der Waals surface area contributed by atoms with Gasteiger partial charge in [-0.3, -0.25) is 0 Å². The van der Waals surface area contributed by atoms with Crippen LogP contribution in [0.25, 0.3) is 22.8 Å². The monoisotopic (exact) mass is 341 g/mol. The Morgan fingerprint density at radius 1 is 0.680 bits per heavy atom. The van der Waals surface area contributed by atoms with Crippen molar-refractivity contribution in [3.05, 3.63) is 42.6 Å². The Morgan fingerprint density at radius 3 is 1.76 bits per heavy atom. The van der Waals surface area contributed by atoms with Gasteiger partial charge in [0.05, 0.1) is 34.6 Å². The first-order valence-electron chi connectivity index (χ1n) is 7.60. The van der Waals surface area contributed by atoms with Crippen LogP contribution in [0.1, 0.15) is 0 Å². The van der Waals surface area contributed by atoms with Crippen LogP contribution in [0, 0.1) is 0 Å². The van der Waals surface area contributed by atoms with Crippen molar-refractivity contribution in [3.63, 3.8) is 0 Å². The molecule has 0 saturated carbocycles. The van der Waals surface area contributed by atoms with E-state index in [9.17, 15) is 0 Å². The number of rotatable bonds is 6. The van der Waals surface area contributed by atoms with Gasteiger partial charge >= 0.3 is 0 Å². The van der Waals surface area contributed by atoms with Gasteiger partial charge in [0.25, 0.3) is 0 Å². The van der Waals surface area contributed by atoms with E-state index in [4.69, 9.17) is 23.4 Å². The highest BCUT2D eigenvalue weighted by atomic mass is 16.5. The molecular weight excluding hydrogens is 322 g/mol. The number of hydrogen-bond acceptors (Lipinski definition) is 6. The number of benzene rings is 2. The highest BCUT2D eigenvalue weighted by Crippen LogP contribution is 2.35. The molecule has 1 heterocycles. The first-order chi connectivity index (χ1) is 12.2. The molecule has 1 aromatic heterocycles. The minimum Gasteiger partial charge on any atom is -0.493 e. The maximum Gasteiger partial charge on any atom is 0.226 e. The van der Waals surface area contributed by atoms with Crippen molar-refractivity contribution < 1.29 is 23.4 Å². The second kappa shape index (κ2) is 7.17.